The molecule has 2 aromatic heterocycles. The zero-order valence-corrected chi connectivity index (χ0v) is 16.7. The van der Waals surface area contributed by atoms with Crippen LogP contribution in [0.1, 0.15) is 10.6 Å². The van der Waals surface area contributed by atoms with Gasteiger partial charge in [-0.05, 0) is 40.5 Å². The minimum Gasteiger partial charge on any atom is -0.356 e. The molecule has 0 spiro atoms. The normalized spacial score (nSPS) is 11.1. The monoisotopic (exact) mass is 483 g/mol. The molecular formula is C13H19BrIN5S. The van der Waals surface area contributed by atoms with Gasteiger partial charge in [0.25, 0.3) is 0 Å². The molecule has 0 aliphatic rings. The number of nitrogens with one attached hydrogen (secondary N) is 2. The Labute approximate surface area is 154 Å². The lowest BCUT2D eigenvalue weighted by Crippen LogP contribution is -2.38. The van der Waals surface area contributed by atoms with E-state index in [0.29, 0.717) is 6.54 Å². The summed E-state index contributed by atoms with van der Waals surface area (Å²) in [5.41, 5.74) is 1.12. The second-order valence-electron chi connectivity index (χ2n) is 4.25. The summed E-state index contributed by atoms with van der Waals surface area (Å²) < 4.78 is 3.02. The summed E-state index contributed by atoms with van der Waals surface area (Å²) in [5.74, 6) is 0.807. The van der Waals surface area contributed by atoms with Crippen LogP contribution >= 0.6 is 51.2 Å². The average molecular weight is 484 g/mol. The molecule has 0 fully saturated rings. The third-order valence-electron chi connectivity index (χ3n) is 2.88. The van der Waals surface area contributed by atoms with Gasteiger partial charge in [-0.2, -0.15) is 5.10 Å². The second kappa shape index (κ2) is 9.42. The number of aryl methyl sites for hydroxylation is 1. The first-order valence-electron chi connectivity index (χ1n) is 6.34. The predicted molar refractivity (Wildman–Crippen MR) is 103 cm³/mol. The molecule has 0 unspecified atom stereocenters. The maximum atomic E-state index is 4.21. The number of hydrogen-bond donors (Lipinski definition) is 2. The van der Waals surface area contributed by atoms with Crippen molar-refractivity contribution in [2.45, 2.75) is 13.0 Å². The Bertz CT molecular complexity index is 581. The van der Waals surface area contributed by atoms with Gasteiger partial charge in [-0.15, -0.1) is 35.3 Å². The number of aliphatic imine (C=N–C) groups is 1. The van der Waals surface area contributed by atoms with Crippen molar-refractivity contribution in [2.24, 2.45) is 12.0 Å². The first kappa shape index (κ1) is 18.4. The molecule has 5 nitrogen and oxygen atoms in total. The maximum Gasteiger partial charge on any atom is 0.191 e. The smallest absolute Gasteiger partial charge is 0.191 e. The molecule has 0 amide bonds. The lowest BCUT2D eigenvalue weighted by molar-refractivity contribution is 0.684. The van der Waals surface area contributed by atoms with Crippen LogP contribution < -0.4 is 10.6 Å². The second-order valence-corrected chi connectivity index (χ2v) is 6.80. The van der Waals surface area contributed by atoms with E-state index in [1.807, 2.05) is 17.8 Å². The third-order valence-corrected chi connectivity index (χ3v) is 4.56. The van der Waals surface area contributed by atoms with Crippen molar-refractivity contribution < 1.29 is 0 Å². The van der Waals surface area contributed by atoms with Gasteiger partial charge in [0.05, 0.1) is 16.0 Å². The Morgan fingerprint density at radius 2 is 2.19 bits per heavy atom. The van der Waals surface area contributed by atoms with Crippen molar-refractivity contribution in [3.8, 4) is 0 Å². The van der Waals surface area contributed by atoms with Crippen LogP contribution in [0.3, 0.4) is 0 Å². The molecule has 2 N–H and O–H groups in total. The van der Waals surface area contributed by atoms with Crippen LogP contribution in [0.2, 0.25) is 0 Å². The van der Waals surface area contributed by atoms with Crippen molar-refractivity contribution in [1.29, 1.82) is 0 Å². The van der Waals surface area contributed by atoms with Crippen molar-refractivity contribution in [3.05, 3.63) is 38.8 Å². The minimum atomic E-state index is 0. The third kappa shape index (κ3) is 5.95. The zero-order valence-electron chi connectivity index (χ0n) is 12.0. The number of guanidine groups is 1. The summed E-state index contributed by atoms with van der Waals surface area (Å²) in [6, 6.07) is 6.21. The largest absolute Gasteiger partial charge is 0.356 e. The molecule has 0 aliphatic heterocycles. The molecule has 0 saturated heterocycles. The van der Waals surface area contributed by atoms with Gasteiger partial charge < -0.3 is 10.6 Å². The summed E-state index contributed by atoms with van der Waals surface area (Å²) in [5, 5.41) is 10.7. The van der Waals surface area contributed by atoms with E-state index < -0.39 is 0 Å². The van der Waals surface area contributed by atoms with Gasteiger partial charge in [-0.1, -0.05) is 0 Å². The highest BCUT2D eigenvalue weighted by molar-refractivity contribution is 14.0. The van der Waals surface area contributed by atoms with Crippen LogP contribution in [0.25, 0.3) is 0 Å². The zero-order chi connectivity index (χ0) is 14.4. The molecule has 2 rings (SSSR count). The van der Waals surface area contributed by atoms with E-state index in [2.05, 4.69) is 48.8 Å². The van der Waals surface area contributed by atoms with Crippen molar-refractivity contribution in [1.82, 2.24) is 20.4 Å². The number of halogens is 2. The lowest BCUT2D eigenvalue weighted by atomic mass is 10.3. The highest BCUT2D eigenvalue weighted by Gasteiger charge is 2.02. The topological polar surface area (TPSA) is 54.2 Å². The van der Waals surface area contributed by atoms with Crippen LogP contribution in [0.15, 0.2) is 33.2 Å². The molecule has 116 valence electrons. The number of nitrogens with zero attached hydrogens (tertiary/aromatic N) is 3. The molecule has 8 heteroatoms. The molecular weight excluding hydrogens is 465 g/mol. The van der Waals surface area contributed by atoms with E-state index in [4.69, 9.17) is 0 Å². The molecule has 0 aliphatic carbocycles. The summed E-state index contributed by atoms with van der Waals surface area (Å²) in [4.78, 5) is 5.57. The standard InChI is InChI=1S/C13H18BrN5S.HI/c1-15-13(17-9-10-5-8-18-19(10)2)16-7-6-11-3-4-12(14)20-11;/h3-5,8H,6-7,9H2,1-2H3,(H2,15,16,17);1H. The molecule has 2 heterocycles. The van der Waals surface area contributed by atoms with Gasteiger partial charge in [0.15, 0.2) is 5.96 Å². The Balaban J connectivity index is 0.00000220. The van der Waals surface area contributed by atoms with E-state index >= 15 is 0 Å². The maximum absolute atomic E-state index is 4.21. The van der Waals surface area contributed by atoms with Crippen LogP contribution in [-0.2, 0) is 20.0 Å². The molecule has 0 radical (unpaired) electrons. The molecule has 0 atom stereocenters. The van der Waals surface area contributed by atoms with Gasteiger partial charge in [0.2, 0.25) is 0 Å². The van der Waals surface area contributed by atoms with Crippen molar-refractivity contribution in [2.75, 3.05) is 13.6 Å². The number of hydrogen-bond acceptors (Lipinski definition) is 3. The molecule has 0 saturated carbocycles. The molecule has 0 aromatic carbocycles. The summed E-state index contributed by atoms with van der Waals surface area (Å²) in [6.45, 7) is 1.57. The van der Waals surface area contributed by atoms with Crippen molar-refractivity contribution in [3.63, 3.8) is 0 Å². The van der Waals surface area contributed by atoms with E-state index in [-0.39, 0.29) is 24.0 Å². The van der Waals surface area contributed by atoms with E-state index in [1.54, 1.807) is 24.6 Å². The Morgan fingerprint density at radius 1 is 1.38 bits per heavy atom. The lowest BCUT2D eigenvalue weighted by Gasteiger charge is -2.11. The van der Waals surface area contributed by atoms with E-state index in [1.165, 1.54) is 8.66 Å². The fourth-order valence-corrected chi connectivity index (χ4v) is 3.24. The van der Waals surface area contributed by atoms with Gasteiger partial charge in [0, 0.05) is 31.7 Å². The van der Waals surface area contributed by atoms with E-state index in [9.17, 15) is 0 Å². The average Bonchev–Trinajstić information content (AvgIpc) is 3.03. The SMILES string of the molecule is CN=C(NCCc1ccc(Br)s1)NCc1ccnn1C.I. The summed E-state index contributed by atoms with van der Waals surface area (Å²) in [7, 11) is 3.71. The highest BCUT2D eigenvalue weighted by Crippen LogP contribution is 2.21. The molecule has 0 bridgehead atoms. The Hall–Kier alpha value is -0.610. The fraction of sp³-hybridized carbons (Fsp3) is 0.385. The van der Waals surface area contributed by atoms with Crippen molar-refractivity contribution >= 4 is 57.2 Å². The number of rotatable bonds is 5. The quantitative estimate of drug-likeness (QED) is 0.390. The summed E-state index contributed by atoms with van der Waals surface area (Å²) in [6.07, 6.45) is 2.78. The number of aromatic nitrogens is 2. The fourth-order valence-electron chi connectivity index (χ4n) is 1.76. The molecule has 2 aromatic rings. The van der Waals surface area contributed by atoms with Gasteiger partial charge in [-0.25, -0.2) is 0 Å². The van der Waals surface area contributed by atoms with Gasteiger partial charge in [-0.3, -0.25) is 9.67 Å². The first-order chi connectivity index (χ1) is 9.69. The van der Waals surface area contributed by atoms with Gasteiger partial charge >= 0.3 is 0 Å². The Kier molecular flexibility index (Phi) is 8.27. The highest BCUT2D eigenvalue weighted by atomic mass is 127. The van der Waals surface area contributed by atoms with Crippen LogP contribution in [0.5, 0.6) is 0 Å². The predicted octanol–water partition coefficient (Wildman–Crippen LogP) is 2.77. The van der Waals surface area contributed by atoms with Crippen LogP contribution in [-0.4, -0.2) is 29.3 Å². The van der Waals surface area contributed by atoms with E-state index in [0.717, 1.165) is 24.6 Å². The van der Waals surface area contributed by atoms with Crippen LogP contribution in [0, 0.1) is 0 Å². The number of thiophene rings is 1. The first-order valence-corrected chi connectivity index (χ1v) is 7.95. The Morgan fingerprint density at radius 3 is 2.76 bits per heavy atom. The minimum absolute atomic E-state index is 0. The van der Waals surface area contributed by atoms with Gasteiger partial charge in [0.1, 0.15) is 0 Å². The molecule has 21 heavy (non-hydrogen) atoms. The van der Waals surface area contributed by atoms with Crippen LogP contribution in [0.4, 0.5) is 0 Å². The summed E-state index contributed by atoms with van der Waals surface area (Å²) >= 11 is 5.24.